The summed E-state index contributed by atoms with van der Waals surface area (Å²) in [6, 6.07) is 25.1. The van der Waals surface area contributed by atoms with Crippen LogP contribution in [0.5, 0.6) is 5.75 Å². The summed E-state index contributed by atoms with van der Waals surface area (Å²) < 4.78 is 8.86. The van der Waals surface area contributed by atoms with E-state index in [0.717, 1.165) is 35.4 Å². The van der Waals surface area contributed by atoms with Crippen LogP contribution in [0.1, 0.15) is 29.2 Å². The summed E-state index contributed by atoms with van der Waals surface area (Å²) in [4.78, 5) is 13.5. The summed E-state index contributed by atoms with van der Waals surface area (Å²) in [5.74, 6) is 1.17. The summed E-state index contributed by atoms with van der Waals surface area (Å²) in [7, 11) is 1.62. The predicted molar refractivity (Wildman–Crippen MR) is 135 cm³/mol. The number of amides is 1. The summed E-state index contributed by atoms with van der Waals surface area (Å²) >= 11 is 0. The van der Waals surface area contributed by atoms with Crippen LogP contribution < -0.4 is 10.1 Å². The Labute approximate surface area is 207 Å². The van der Waals surface area contributed by atoms with E-state index in [9.17, 15) is 4.79 Å². The summed E-state index contributed by atoms with van der Waals surface area (Å²) in [5, 5.41) is 19.9. The molecule has 1 fully saturated rings. The highest BCUT2D eigenvalue weighted by molar-refractivity contribution is 6.08. The minimum absolute atomic E-state index is 0.262. The van der Waals surface area contributed by atoms with Crippen LogP contribution >= 0.6 is 0 Å². The third-order valence-electron chi connectivity index (χ3n) is 6.11. The van der Waals surface area contributed by atoms with Crippen LogP contribution in [0, 0.1) is 0 Å². The number of ether oxygens (including phenoxy) is 1. The quantitative estimate of drug-likeness (QED) is 0.362. The Morgan fingerprint density at radius 2 is 1.78 bits per heavy atom. The zero-order chi connectivity index (χ0) is 24.5. The second-order valence-corrected chi connectivity index (χ2v) is 8.61. The van der Waals surface area contributed by atoms with Gasteiger partial charge in [-0.1, -0.05) is 30.3 Å². The first-order chi connectivity index (χ1) is 17.7. The largest absolute Gasteiger partial charge is 0.497 e. The van der Waals surface area contributed by atoms with Gasteiger partial charge in [-0.05, 0) is 71.8 Å². The molecule has 1 N–H and O–H groups in total. The first-order valence-corrected chi connectivity index (χ1v) is 11.7. The van der Waals surface area contributed by atoms with Gasteiger partial charge in [0.2, 0.25) is 0 Å². The van der Waals surface area contributed by atoms with Crippen molar-refractivity contribution in [2.45, 2.75) is 18.9 Å². The van der Waals surface area contributed by atoms with E-state index in [1.807, 2.05) is 83.5 Å². The fourth-order valence-electron chi connectivity index (χ4n) is 4.10. The molecule has 1 amide bonds. The van der Waals surface area contributed by atoms with Crippen molar-refractivity contribution in [3.05, 3.63) is 90.6 Å². The van der Waals surface area contributed by atoms with Gasteiger partial charge in [-0.3, -0.25) is 4.79 Å². The minimum atomic E-state index is -0.262. The topological polar surface area (TPSA) is 99.8 Å². The van der Waals surface area contributed by atoms with Crippen LogP contribution in [0.3, 0.4) is 0 Å². The highest BCUT2D eigenvalue weighted by Crippen LogP contribution is 2.37. The number of benzene rings is 3. The van der Waals surface area contributed by atoms with Gasteiger partial charge in [-0.15, -0.1) is 5.10 Å². The van der Waals surface area contributed by atoms with Gasteiger partial charge in [0.1, 0.15) is 11.4 Å². The summed E-state index contributed by atoms with van der Waals surface area (Å²) in [5.41, 5.74) is 4.20. The molecule has 9 nitrogen and oxygen atoms in total. The van der Waals surface area contributed by atoms with Crippen LogP contribution in [0.15, 0.2) is 85.1 Å². The Hall–Kier alpha value is -4.79. The zero-order valence-corrected chi connectivity index (χ0v) is 19.6. The number of hydrogen-bond donors (Lipinski definition) is 1. The van der Waals surface area contributed by atoms with Crippen molar-refractivity contribution in [2.24, 2.45) is 0 Å². The Balaban J connectivity index is 1.34. The van der Waals surface area contributed by atoms with Crippen LogP contribution in [-0.4, -0.2) is 43.0 Å². The molecule has 0 unspecified atom stereocenters. The first kappa shape index (κ1) is 21.7. The number of para-hydroxylation sites is 1. The van der Waals surface area contributed by atoms with E-state index >= 15 is 0 Å². The Morgan fingerprint density at radius 3 is 2.53 bits per heavy atom. The van der Waals surface area contributed by atoms with Gasteiger partial charge in [0.25, 0.3) is 5.91 Å². The lowest BCUT2D eigenvalue weighted by Gasteiger charge is -2.08. The second-order valence-electron chi connectivity index (χ2n) is 8.61. The molecule has 178 valence electrons. The van der Waals surface area contributed by atoms with E-state index in [4.69, 9.17) is 9.84 Å². The summed E-state index contributed by atoms with van der Waals surface area (Å²) in [6.45, 7) is 0. The monoisotopic (exact) mass is 477 g/mol. The molecule has 1 aliphatic rings. The Kier molecular flexibility index (Phi) is 5.49. The van der Waals surface area contributed by atoms with E-state index in [2.05, 4.69) is 20.8 Å². The molecule has 1 saturated carbocycles. The highest BCUT2D eigenvalue weighted by atomic mass is 16.5. The smallest absolute Gasteiger partial charge is 0.259 e. The van der Waals surface area contributed by atoms with Crippen molar-refractivity contribution in [3.63, 3.8) is 0 Å². The van der Waals surface area contributed by atoms with Crippen LogP contribution in [0.2, 0.25) is 0 Å². The molecule has 36 heavy (non-hydrogen) atoms. The maximum atomic E-state index is 13.5. The molecule has 0 radical (unpaired) electrons. The number of carbonyl (C=O) groups excluding carboxylic acids is 1. The number of anilines is 1. The summed E-state index contributed by atoms with van der Waals surface area (Å²) in [6.07, 6.45) is 3.91. The van der Waals surface area contributed by atoms with Crippen molar-refractivity contribution >= 4 is 11.6 Å². The molecule has 0 atom stereocenters. The standard InChI is InChI=1S/C27H23N7O2/c1-36-23-14-10-18(11-15-23)25-24(17-33(30-25)21-8-3-2-4-9-21)27(35)28-20-7-5-6-19(16-20)26-29-31-32-34(26)22-12-13-22/h2-11,14-17,22H,12-13H2,1H3,(H,28,35). The van der Waals surface area contributed by atoms with Gasteiger partial charge >= 0.3 is 0 Å². The van der Waals surface area contributed by atoms with E-state index in [0.29, 0.717) is 28.8 Å². The van der Waals surface area contributed by atoms with Crippen LogP contribution in [0.25, 0.3) is 28.3 Å². The molecule has 9 heteroatoms. The van der Waals surface area contributed by atoms with Crippen LogP contribution in [0.4, 0.5) is 5.69 Å². The zero-order valence-electron chi connectivity index (χ0n) is 19.6. The second kappa shape index (κ2) is 9.10. The SMILES string of the molecule is COc1ccc(-c2nn(-c3ccccc3)cc2C(=O)Nc2cccc(-c3nnnn3C3CC3)c2)cc1. The lowest BCUT2D eigenvalue weighted by molar-refractivity contribution is 0.102. The number of carbonyl (C=O) groups is 1. The number of rotatable bonds is 7. The first-order valence-electron chi connectivity index (χ1n) is 11.7. The molecule has 3 aromatic carbocycles. The lowest BCUT2D eigenvalue weighted by atomic mass is 10.1. The molecule has 0 spiro atoms. The molecular formula is C27H23N7O2. The highest BCUT2D eigenvalue weighted by Gasteiger charge is 2.28. The average Bonchev–Trinajstić information content (AvgIpc) is 3.47. The molecule has 5 aromatic rings. The normalized spacial score (nSPS) is 12.9. The third-order valence-corrected chi connectivity index (χ3v) is 6.11. The molecule has 1 aliphatic carbocycles. The maximum absolute atomic E-state index is 13.5. The fourth-order valence-corrected chi connectivity index (χ4v) is 4.10. The Bertz CT molecular complexity index is 1520. The molecular weight excluding hydrogens is 454 g/mol. The van der Waals surface area contributed by atoms with E-state index in [1.165, 1.54) is 0 Å². The van der Waals surface area contributed by atoms with Crippen molar-refractivity contribution in [1.82, 2.24) is 30.0 Å². The van der Waals surface area contributed by atoms with E-state index in [1.54, 1.807) is 18.0 Å². The van der Waals surface area contributed by atoms with Crippen LogP contribution in [-0.2, 0) is 0 Å². The van der Waals surface area contributed by atoms with Crippen molar-refractivity contribution < 1.29 is 9.53 Å². The molecule has 0 aliphatic heterocycles. The van der Waals surface area contributed by atoms with Crippen molar-refractivity contribution in [1.29, 1.82) is 0 Å². The maximum Gasteiger partial charge on any atom is 0.259 e. The lowest BCUT2D eigenvalue weighted by Crippen LogP contribution is -2.12. The minimum Gasteiger partial charge on any atom is -0.497 e. The van der Waals surface area contributed by atoms with Gasteiger partial charge in [0.15, 0.2) is 5.82 Å². The third kappa shape index (κ3) is 4.22. The Morgan fingerprint density at radius 1 is 0.972 bits per heavy atom. The van der Waals surface area contributed by atoms with Gasteiger partial charge in [-0.25, -0.2) is 9.36 Å². The van der Waals surface area contributed by atoms with Crippen molar-refractivity contribution in [2.75, 3.05) is 12.4 Å². The van der Waals surface area contributed by atoms with Crippen molar-refractivity contribution in [3.8, 4) is 34.1 Å². The van der Waals surface area contributed by atoms with Gasteiger partial charge in [0, 0.05) is 23.0 Å². The van der Waals surface area contributed by atoms with E-state index in [-0.39, 0.29) is 5.91 Å². The predicted octanol–water partition coefficient (Wildman–Crippen LogP) is 4.79. The number of nitrogens with zero attached hydrogens (tertiary/aromatic N) is 6. The molecule has 2 aromatic heterocycles. The number of nitrogens with one attached hydrogen (secondary N) is 1. The molecule has 2 heterocycles. The van der Waals surface area contributed by atoms with Gasteiger partial charge in [-0.2, -0.15) is 5.10 Å². The number of methoxy groups -OCH3 is 1. The van der Waals surface area contributed by atoms with E-state index < -0.39 is 0 Å². The van der Waals surface area contributed by atoms with Gasteiger partial charge < -0.3 is 10.1 Å². The molecule has 6 rings (SSSR count). The average molecular weight is 478 g/mol. The number of hydrogen-bond acceptors (Lipinski definition) is 6. The number of tetrazole rings is 1. The molecule has 0 saturated heterocycles. The van der Waals surface area contributed by atoms with Gasteiger partial charge in [0.05, 0.1) is 24.4 Å². The number of aromatic nitrogens is 6. The molecule has 0 bridgehead atoms. The fraction of sp³-hybridized carbons (Fsp3) is 0.148.